The number of rotatable bonds is 17. The van der Waals surface area contributed by atoms with Crippen molar-refractivity contribution in [3.05, 3.63) is 34.9 Å². The van der Waals surface area contributed by atoms with E-state index in [1.165, 1.54) is 28.5 Å². The summed E-state index contributed by atoms with van der Waals surface area (Å²) in [6, 6.07) is -0.918. The number of carboxylic acid groups (broad SMARTS) is 1. The highest BCUT2D eigenvalue weighted by molar-refractivity contribution is 7.99. The quantitative estimate of drug-likeness (QED) is 0.130. The van der Waals surface area contributed by atoms with E-state index >= 15 is 0 Å². The number of carbonyl (C=O) groups is 3. The van der Waals surface area contributed by atoms with Crippen LogP contribution < -0.4 is 5.32 Å². The van der Waals surface area contributed by atoms with Gasteiger partial charge in [-0.15, -0.1) is 0 Å². The molecule has 35 heavy (non-hydrogen) atoms. The van der Waals surface area contributed by atoms with E-state index in [4.69, 9.17) is 4.74 Å². The lowest BCUT2D eigenvalue weighted by atomic mass is 10.1. The third-order valence-electron chi connectivity index (χ3n) is 5.04. The Morgan fingerprint density at radius 2 is 1.46 bits per heavy atom. The topological polar surface area (TPSA) is 92.7 Å². The molecule has 1 atom stereocenters. The van der Waals surface area contributed by atoms with E-state index in [1.54, 1.807) is 0 Å². The molecular formula is C28H47NO5S. The van der Waals surface area contributed by atoms with Crippen molar-refractivity contribution >= 4 is 29.6 Å². The minimum absolute atomic E-state index is 0.192. The Morgan fingerprint density at radius 1 is 0.886 bits per heavy atom. The van der Waals surface area contributed by atoms with Crippen molar-refractivity contribution in [3.8, 4) is 0 Å². The van der Waals surface area contributed by atoms with Crippen molar-refractivity contribution in [2.45, 2.75) is 111 Å². The molecule has 0 aliphatic carbocycles. The molecule has 0 aromatic rings. The van der Waals surface area contributed by atoms with Gasteiger partial charge < -0.3 is 15.2 Å². The number of esters is 1. The molecule has 0 rings (SSSR count). The maximum absolute atomic E-state index is 12.1. The molecule has 0 saturated heterocycles. The molecule has 0 spiro atoms. The lowest BCUT2D eigenvalue weighted by Crippen LogP contribution is -2.42. The normalized spacial score (nSPS) is 13.2. The summed E-state index contributed by atoms with van der Waals surface area (Å²) in [5, 5.41) is 12.0. The zero-order valence-electron chi connectivity index (χ0n) is 22.9. The number of allylic oxidation sites excluding steroid dienone is 5. The van der Waals surface area contributed by atoms with Crippen LogP contribution in [0.3, 0.4) is 0 Å². The second-order valence-electron chi connectivity index (χ2n) is 10.2. The van der Waals surface area contributed by atoms with Crippen molar-refractivity contribution in [3.63, 3.8) is 0 Å². The van der Waals surface area contributed by atoms with Crippen LogP contribution in [0.25, 0.3) is 0 Å². The van der Waals surface area contributed by atoms with Gasteiger partial charge in [0.15, 0.2) is 0 Å². The fourth-order valence-corrected chi connectivity index (χ4v) is 4.11. The highest BCUT2D eigenvalue weighted by atomic mass is 32.2. The van der Waals surface area contributed by atoms with Gasteiger partial charge in [-0.3, -0.25) is 9.59 Å². The SMILES string of the molecule is CC(C)=CCC/C(C)=C/CC/C(C)=C/CSC[C@H](NC(=O)CCCCC(=O)OC(C)(C)C)C(=O)O. The van der Waals surface area contributed by atoms with Crippen LogP contribution in [0.1, 0.15) is 99.8 Å². The van der Waals surface area contributed by atoms with Crippen LogP contribution in [0.2, 0.25) is 0 Å². The molecule has 0 radical (unpaired) electrons. The van der Waals surface area contributed by atoms with Crippen LogP contribution >= 0.6 is 11.8 Å². The number of ether oxygens (including phenoxy) is 1. The number of unbranched alkanes of at least 4 members (excludes halogenated alkanes) is 1. The van der Waals surface area contributed by atoms with Crippen molar-refractivity contribution in [2.75, 3.05) is 11.5 Å². The first-order valence-corrected chi connectivity index (χ1v) is 13.7. The van der Waals surface area contributed by atoms with Gasteiger partial charge in [0, 0.05) is 24.3 Å². The number of aliphatic carboxylic acids is 1. The molecule has 7 heteroatoms. The van der Waals surface area contributed by atoms with E-state index in [2.05, 4.69) is 51.2 Å². The molecule has 0 saturated carbocycles. The highest BCUT2D eigenvalue weighted by Gasteiger charge is 2.20. The molecule has 0 aliphatic rings. The molecule has 6 nitrogen and oxygen atoms in total. The Bertz CT molecular complexity index is 758. The monoisotopic (exact) mass is 509 g/mol. The Labute approximate surface area is 217 Å². The van der Waals surface area contributed by atoms with Gasteiger partial charge in [-0.2, -0.15) is 11.8 Å². The maximum Gasteiger partial charge on any atom is 0.327 e. The Hall–Kier alpha value is -2.02. The molecule has 0 aliphatic heterocycles. The Morgan fingerprint density at radius 3 is 2.03 bits per heavy atom. The molecule has 0 fully saturated rings. The highest BCUT2D eigenvalue weighted by Crippen LogP contribution is 2.14. The summed E-state index contributed by atoms with van der Waals surface area (Å²) >= 11 is 1.50. The number of carboxylic acids is 1. The first-order chi connectivity index (χ1) is 16.3. The number of nitrogens with one attached hydrogen (secondary N) is 1. The Kier molecular flexibility index (Phi) is 17.2. The minimum Gasteiger partial charge on any atom is -0.480 e. The molecular weight excluding hydrogens is 462 g/mol. The number of hydrogen-bond donors (Lipinski definition) is 2. The summed E-state index contributed by atoms with van der Waals surface area (Å²) in [5.41, 5.74) is 3.53. The largest absolute Gasteiger partial charge is 0.480 e. The summed E-state index contributed by atoms with van der Waals surface area (Å²) in [6.45, 7) is 14.0. The summed E-state index contributed by atoms with van der Waals surface area (Å²) in [6.07, 6.45) is 12.4. The molecule has 200 valence electrons. The molecule has 2 N–H and O–H groups in total. The predicted octanol–water partition coefficient (Wildman–Crippen LogP) is 6.61. The zero-order chi connectivity index (χ0) is 26.9. The average molecular weight is 510 g/mol. The van der Waals surface area contributed by atoms with Gasteiger partial charge in [0.25, 0.3) is 0 Å². The maximum atomic E-state index is 12.1. The smallest absolute Gasteiger partial charge is 0.327 e. The summed E-state index contributed by atoms with van der Waals surface area (Å²) in [4.78, 5) is 35.3. The number of carbonyl (C=O) groups excluding carboxylic acids is 2. The van der Waals surface area contributed by atoms with Crippen LogP contribution in [-0.4, -0.2) is 46.1 Å². The molecule has 1 amide bonds. The summed E-state index contributed by atoms with van der Waals surface area (Å²) in [5.74, 6) is -0.599. The van der Waals surface area contributed by atoms with Gasteiger partial charge in [0.1, 0.15) is 11.6 Å². The van der Waals surface area contributed by atoms with E-state index < -0.39 is 17.6 Å². The molecule has 0 bridgehead atoms. The van der Waals surface area contributed by atoms with Crippen LogP contribution in [0, 0.1) is 0 Å². The van der Waals surface area contributed by atoms with Crippen LogP contribution in [0.4, 0.5) is 0 Å². The first-order valence-electron chi connectivity index (χ1n) is 12.6. The fourth-order valence-electron chi connectivity index (χ4n) is 3.11. The van der Waals surface area contributed by atoms with E-state index in [0.717, 1.165) is 25.7 Å². The zero-order valence-corrected chi connectivity index (χ0v) is 23.7. The van der Waals surface area contributed by atoms with Gasteiger partial charge in [-0.05, 0) is 87.0 Å². The summed E-state index contributed by atoms with van der Waals surface area (Å²) < 4.78 is 5.24. The third kappa shape index (κ3) is 21.0. The van der Waals surface area contributed by atoms with Crippen LogP contribution in [0.5, 0.6) is 0 Å². The van der Waals surface area contributed by atoms with Crippen molar-refractivity contribution in [1.29, 1.82) is 0 Å². The second-order valence-corrected chi connectivity index (χ2v) is 11.3. The third-order valence-corrected chi connectivity index (χ3v) is 6.02. The number of thioether (sulfide) groups is 1. The van der Waals surface area contributed by atoms with Gasteiger partial charge in [-0.25, -0.2) is 4.79 Å². The fraction of sp³-hybridized carbons (Fsp3) is 0.679. The molecule has 0 aromatic heterocycles. The standard InChI is InChI=1S/C28H47NO5S/c1-21(2)12-10-13-22(3)14-11-15-23(4)18-19-35-20-24(27(32)33)29-25(30)16-8-9-17-26(31)34-28(5,6)7/h12,14,18,24H,8-11,13,15-17,19-20H2,1-7H3,(H,29,30)(H,32,33)/b22-14+,23-18+/t24-/m0/s1. The van der Waals surface area contributed by atoms with Gasteiger partial charge in [0.2, 0.25) is 5.91 Å². The predicted molar refractivity (Wildman–Crippen MR) is 147 cm³/mol. The number of amides is 1. The lowest BCUT2D eigenvalue weighted by Gasteiger charge is -2.19. The van der Waals surface area contributed by atoms with E-state index in [-0.39, 0.29) is 24.7 Å². The molecule has 0 heterocycles. The van der Waals surface area contributed by atoms with Gasteiger partial charge >= 0.3 is 11.9 Å². The van der Waals surface area contributed by atoms with Gasteiger partial charge in [-0.1, -0.05) is 34.9 Å². The van der Waals surface area contributed by atoms with Gasteiger partial charge in [0.05, 0.1) is 0 Å². The molecule has 0 unspecified atom stereocenters. The van der Waals surface area contributed by atoms with E-state index in [9.17, 15) is 19.5 Å². The summed E-state index contributed by atoms with van der Waals surface area (Å²) in [7, 11) is 0. The second kappa shape index (κ2) is 18.3. The molecule has 0 aromatic carbocycles. The van der Waals surface area contributed by atoms with E-state index in [1.807, 2.05) is 20.8 Å². The minimum atomic E-state index is -1.03. The Balaban J connectivity index is 4.21. The van der Waals surface area contributed by atoms with Crippen LogP contribution in [-0.2, 0) is 19.1 Å². The first kappa shape index (κ1) is 33.0. The van der Waals surface area contributed by atoms with Crippen molar-refractivity contribution in [2.24, 2.45) is 0 Å². The average Bonchev–Trinajstić information content (AvgIpc) is 2.71. The lowest BCUT2D eigenvalue weighted by molar-refractivity contribution is -0.155. The van der Waals surface area contributed by atoms with Crippen molar-refractivity contribution < 1.29 is 24.2 Å². The van der Waals surface area contributed by atoms with Crippen molar-refractivity contribution in [1.82, 2.24) is 5.32 Å². The number of hydrogen-bond acceptors (Lipinski definition) is 5. The van der Waals surface area contributed by atoms with E-state index in [0.29, 0.717) is 24.3 Å². The van der Waals surface area contributed by atoms with Crippen LogP contribution in [0.15, 0.2) is 34.9 Å².